The summed E-state index contributed by atoms with van der Waals surface area (Å²) in [4.78, 5) is 20.8. The minimum absolute atomic E-state index is 0.417. The maximum Gasteiger partial charge on any atom is 0.324 e. The smallest absolute Gasteiger partial charge is 0.324 e. The second-order valence-corrected chi connectivity index (χ2v) is 2.87. The average molecular weight is 226 g/mol. The fourth-order valence-electron chi connectivity index (χ4n) is 0.953. The van der Waals surface area contributed by atoms with Gasteiger partial charge in [0.2, 0.25) is 0 Å². The van der Waals surface area contributed by atoms with E-state index in [4.69, 9.17) is 14.6 Å². The lowest BCUT2D eigenvalue weighted by Crippen LogP contribution is -2.30. The Morgan fingerprint density at radius 1 is 1.38 bits per heavy atom. The van der Waals surface area contributed by atoms with Gasteiger partial charge in [-0.2, -0.15) is 5.10 Å². The van der Waals surface area contributed by atoms with Gasteiger partial charge >= 0.3 is 11.9 Å². The van der Waals surface area contributed by atoms with Crippen LogP contribution in [-0.4, -0.2) is 46.5 Å². The lowest BCUT2D eigenvalue weighted by atomic mass is 10.5. The summed E-state index contributed by atoms with van der Waals surface area (Å²) in [5.41, 5.74) is 0. The van der Waals surface area contributed by atoms with Crippen molar-refractivity contribution in [3.63, 3.8) is 0 Å². The van der Waals surface area contributed by atoms with E-state index in [0.717, 1.165) is 5.01 Å². The molecule has 0 aliphatic carbocycles. The Balaban J connectivity index is 2.62. The first-order valence-corrected chi connectivity index (χ1v) is 4.34. The predicted molar refractivity (Wildman–Crippen MR) is 53.1 cm³/mol. The number of hydrogen-bond acceptors (Lipinski definition) is 5. The number of carboxylic acids is 2. The van der Waals surface area contributed by atoms with Gasteiger partial charge in [0.15, 0.2) is 0 Å². The van der Waals surface area contributed by atoms with Gasteiger partial charge in [-0.05, 0) is 12.1 Å². The molecule has 1 rings (SSSR count). The lowest BCUT2D eigenvalue weighted by molar-refractivity contribution is -0.141. The molecule has 7 heteroatoms. The van der Waals surface area contributed by atoms with Crippen LogP contribution in [0.2, 0.25) is 0 Å². The number of nitrogens with zero attached hydrogens (tertiary/aromatic N) is 2. The Morgan fingerprint density at radius 3 is 2.44 bits per heavy atom. The molecule has 2 N–H and O–H groups in total. The van der Waals surface area contributed by atoms with E-state index < -0.39 is 25.0 Å². The number of rotatable bonds is 6. The van der Waals surface area contributed by atoms with Crippen molar-refractivity contribution in [3.8, 4) is 0 Å². The van der Waals surface area contributed by atoms with E-state index in [1.807, 2.05) is 0 Å². The van der Waals surface area contributed by atoms with Crippen LogP contribution in [0.25, 0.3) is 0 Å². The average Bonchev–Trinajstić information content (AvgIpc) is 2.64. The van der Waals surface area contributed by atoms with Crippen LogP contribution in [0.5, 0.6) is 0 Å². The van der Waals surface area contributed by atoms with Crippen molar-refractivity contribution in [1.29, 1.82) is 0 Å². The highest BCUT2D eigenvalue weighted by Crippen LogP contribution is 1.97. The highest BCUT2D eigenvalue weighted by Gasteiger charge is 2.10. The molecule has 1 aromatic heterocycles. The third kappa shape index (κ3) is 4.27. The molecule has 1 aromatic rings. The second kappa shape index (κ2) is 5.54. The van der Waals surface area contributed by atoms with Crippen LogP contribution >= 0.6 is 0 Å². The number of hydrogen-bond donors (Lipinski definition) is 2. The van der Waals surface area contributed by atoms with Gasteiger partial charge in [-0.1, -0.05) is 0 Å². The topological polar surface area (TPSA) is 103 Å². The van der Waals surface area contributed by atoms with Gasteiger partial charge in [-0.3, -0.25) is 14.6 Å². The van der Waals surface area contributed by atoms with Crippen LogP contribution in [0, 0.1) is 0 Å². The maximum absolute atomic E-state index is 10.4. The number of hydrazone groups is 1. The van der Waals surface area contributed by atoms with Gasteiger partial charge in [0.25, 0.3) is 0 Å². The largest absolute Gasteiger partial charge is 0.480 e. The molecule has 0 aromatic carbocycles. The van der Waals surface area contributed by atoms with Gasteiger partial charge < -0.3 is 14.6 Å². The van der Waals surface area contributed by atoms with Gasteiger partial charge in [0, 0.05) is 0 Å². The minimum Gasteiger partial charge on any atom is -0.480 e. The molecule has 0 aliphatic rings. The zero-order valence-corrected chi connectivity index (χ0v) is 8.24. The molecule has 0 fully saturated rings. The fourth-order valence-corrected chi connectivity index (χ4v) is 0.953. The van der Waals surface area contributed by atoms with Crippen LogP contribution in [0.1, 0.15) is 5.76 Å². The molecular weight excluding hydrogens is 216 g/mol. The normalized spacial score (nSPS) is 10.5. The number of furan rings is 1. The van der Waals surface area contributed by atoms with E-state index in [9.17, 15) is 9.59 Å². The summed E-state index contributed by atoms with van der Waals surface area (Å²) in [6.07, 6.45) is 2.69. The highest BCUT2D eigenvalue weighted by molar-refractivity contribution is 5.77. The van der Waals surface area contributed by atoms with Gasteiger partial charge in [-0.15, -0.1) is 0 Å². The summed E-state index contributed by atoms with van der Waals surface area (Å²) in [5.74, 6) is -1.89. The Bertz CT molecular complexity index is 369. The molecule has 0 aliphatic heterocycles. The molecule has 0 saturated carbocycles. The molecule has 0 unspecified atom stereocenters. The molecule has 0 atom stereocenters. The zero-order valence-electron chi connectivity index (χ0n) is 8.24. The van der Waals surface area contributed by atoms with Crippen LogP contribution in [0.3, 0.4) is 0 Å². The summed E-state index contributed by atoms with van der Waals surface area (Å²) < 4.78 is 4.92. The first-order valence-electron chi connectivity index (χ1n) is 4.34. The predicted octanol–water partition coefficient (Wildman–Crippen LogP) is 0.0847. The summed E-state index contributed by atoms with van der Waals surface area (Å²) in [5, 5.41) is 21.7. The molecule has 1 heterocycles. The molecular formula is C9H10N2O5. The van der Waals surface area contributed by atoms with E-state index in [1.54, 1.807) is 12.1 Å². The van der Waals surface area contributed by atoms with Crippen molar-refractivity contribution >= 4 is 18.2 Å². The monoisotopic (exact) mass is 226 g/mol. The van der Waals surface area contributed by atoms with Crippen LogP contribution < -0.4 is 0 Å². The highest BCUT2D eigenvalue weighted by atomic mass is 16.4. The molecule has 0 amide bonds. The summed E-state index contributed by atoms with van der Waals surface area (Å²) >= 11 is 0. The van der Waals surface area contributed by atoms with Gasteiger partial charge in [0.1, 0.15) is 18.8 Å². The van der Waals surface area contributed by atoms with Crippen LogP contribution in [-0.2, 0) is 9.59 Å². The first kappa shape index (κ1) is 11.8. The number of aliphatic carboxylic acids is 2. The van der Waals surface area contributed by atoms with Crippen LogP contribution in [0.4, 0.5) is 0 Å². The summed E-state index contributed by atoms with van der Waals surface area (Å²) in [7, 11) is 0. The van der Waals surface area contributed by atoms with E-state index in [2.05, 4.69) is 5.10 Å². The van der Waals surface area contributed by atoms with Gasteiger partial charge in [-0.25, -0.2) is 0 Å². The van der Waals surface area contributed by atoms with E-state index in [0.29, 0.717) is 5.76 Å². The number of carboxylic acid groups (broad SMARTS) is 2. The molecule has 0 radical (unpaired) electrons. The Kier molecular flexibility index (Phi) is 4.07. The standard InChI is InChI=1S/C9H10N2O5/c12-8(13)5-11(6-9(14)15)10-4-7-2-1-3-16-7/h1-4H,5-6H2,(H,12,13)(H,14,15)/b10-4-. The second-order valence-electron chi connectivity index (χ2n) is 2.87. The van der Waals surface area contributed by atoms with E-state index in [1.165, 1.54) is 12.5 Å². The minimum atomic E-state index is -1.15. The third-order valence-corrected chi connectivity index (χ3v) is 1.53. The Morgan fingerprint density at radius 2 is 2.00 bits per heavy atom. The summed E-state index contributed by atoms with van der Waals surface area (Å²) in [6.45, 7) is -0.965. The molecule has 0 spiro atoms. The van der Waals surface area contributed by atoms with Crippen molar-refractivity contribution in [2.45, 2.75) is 0 Å². The van der Waals surface area contributed by atoms with Crippen molar-refractivity contribution in [1.82, 2.24) is 5.01 Å². The van der Waals surface area contributed by atoms with Crippen LogP contribution in [0.15, 0.2) is 27.9 Å². The molecule has 86 valence electrons. The maximum atomic E-state index is 10.4. The van der Waals surface area contributed by atoms with E-state index >= 15 is 0 Å². The zero-order chi connectivity index (χ0) is 12.0. The SMILES string of the molecule is O=C(O)CN(CC(=O)O)/N=C\c1ccco1. The lowest BCUT2D eigenvalue weighted by Gasteiger charge is -2.12. The van der Waals surface area contributed by atoms with E-state index in [-0.39, 0.29) is 0 Å². The van der Waals surface area contributed by atoms with Crippen molar-refractivity contribution in [2.24, 2.45) is 5.10 Å². The molecule has 0 saturated heterocycles. The Hall–Kier alpha value is -2.31. The number of carbonyl (C=O) groups is 2. The fraction of sp³-hybridized carbons (Fsp3) is 0.222. The van der Waals surface area contributed by atoms with Crippen molar-refractivity contribution in [3.05, 3.63) is 24.2 Å². The Labute approximate surface area is 90.6 Å². The quantitative estimate of drug-likeness (QED) is 0.526. The first-order chi connectivity index (χ1) is 7.58. The third-order valence-electron chi connectivity index (χ3n) is 1.53. The van der Waals surface area contributed by atoms with Gasteiger partial charge in [0.05, 0.1) is 12.5 Å². The molecule has 0 bridgehead atoms. The van der Waals surface area contributed by atoms with Crippen molar-refractivity contribution in [2.75, 3.05) is 13.1 Å². The molecule has 7 nitrogen and oxygen atoms in total. The summed E-state index contributed by atoms with van der Waals surface area (Å²) in [6, 6.07) is 3.25. The van der Waals surface area contributed by atoms with Crippen molar-refractivity contribution < 1.29 is 24.2 Å². The molecule has 16 heavy (non-hydrogen) atoms.